The van der Waals surface area contributed by atoms with E-state index in [2.05, 4.69) is 9.97 Å². The second kappa shape index (κ2) is 4.05. The van der Waals surface area contributed by atoms with Crippen molar-refractivity contribution in [3.05, 3.63) is 29.3 Å². The fourth-order valence-corrected chi connectivity index (χ4v) is 0.695. The third-order valence-corrected chi connectivity index (χ3v) is 1.25. The van der Waals surface area contributed by atoms with Gasteiger partial charge < -0.3 is 5.11 Å². The van der Waals surface area contributed by atoms with E-state index in [0.29, 0.717) is 0 Å². The fourth-order valence-electron chi connectivity index (χ4n) is 0.597. The van der Waals surface area contributed by atoms with Crippen LogP contribution >= 0.6 is 11.6 Å². The van der Waals surface area contributed by atoms with Crippen LogP contribution in [0.5, 0.6) is 0 Å². The molecule has 0 atom stereocenters. The highest BCUT2D eigenvalue weighted by molar-refractivity contribution is 6.28. The number of aromatic nitrogens is 2. The summed E-state index contributed by atoms with van der Waals surface area (Å²) in [5.41, 5.74) is 0.823. The molecule has 58 valence electrons. The van der Waals surface area contributed by atoms with Gasteiger partial charge in [-0.2, -0.15) is 0 Å². The topological polar surface area (TPSA) is 46.0 Å². The molecule has 0 radical (unpaired) electrons. The second-order valence-electron chi connectivity index (χ2n) is 1.87. The lowest BCUT2D eigenvalue weighted by Gasteiger charge is -1.90. The minimum Gasteiger partial charge on any atom is -0.392 e. The monoisotopic (exact) mass is 170 g/mol. The number of rotatable bonds is 2. The van der Waals surface area contributed by atoms with Crippen molar-refractivity contribution in [1.29, 1.82) is 0 Å². The number of hydrogen-bond donors (Lipinski definition) is 1. The first kappa shape index (κ1) is 8.17. The number of halogens is 1. The third-order valence-electron chi connectivity index (χ3n) is 1.06. The maximum atomic E-state index is 8.43. The summed E-state index contributed by atoms with van der Waals surface area (Å²) in [6, 6.07) is 0. The molecule has 1 N–H and O–H groups in total. The molecule has 0 aliphatic rings. The average Bonchev–Trinajstić information content (AvgIpc) is 2.04. The van der Waals surface area contributed by atoms with Crippen LogP contribution in [0.15, 0.2) is 18.5 Å². The molecule has 0 aliphatic carbocycles. The van der Waals surface area contributed by atoms with Gasteiger partial charge in [0.05, 0.1) is 6.61 Å². The van der Waals surface area contributed by atoms with Crippen LogP contribution in [0.2, 0.25) is 5.28 Å². The molecule has 1 aromatic rings. The van der Waals surface area contributed by atoms with Crippen molar-refractivity contribution >= 4 is 17.7 Å². The van der Waals surface area contributed by atoms with E-state index in [4.69, 9.17) is 16.7 Å². The van der Waals surface area contributed by atoms with Crippen molar-refractivity contribution < 1.29 is 5.11 Å². The third kappa shape index (κ3) is 2.65. The van der Waals surface area contributed by atoms with Gasteiger partial charge in [-0.05, 0) is 11.6 Å². The Balaban J connectivity index is 2.73. The van der Waals surface area contributed by atoms with E-state index in [1.165, 1.54) is 0 Å². The van der Waals surface area contributed by atoms with Crippen LogP contribution < -0.4 is 0 Å². The van der Waals surface area contributed by atoms with Crippen LogP contribution in [0.4, 0.5) is 0 Å². The fraction of sp³-hybridized carbons (Fsp3) is 0.143. The summed E-state index contributed by atoms with van der Waals surface area (Å²) in [5.74, 6) is 0. The zero-order chi connectivity index (χ0) is 8.10. The number of aliphatic hydroxyl groups is 1. The molecule has 3 nitrogen and oxygen atoms in total. The number of nitrogens with zero attached hydrogens (tertiary/aromatic N) is 2. The van der Waals surface area contributed by atoms with Gasteiger partial charge in [0, 0.05) is 18.0 Å². The van der Waals surface area contributed by atoms with Gasteiger partial charge in [0.1, 0.15) is 0 Å². The van der Waals surface area contributed by atoms with Crippen molar-refractivity contribution in [1.82, 2.24) is 9.97 Å². The van der Waals surface area contributed by atoms with Crippen molar-refractivity contribution in [2.75, 3.05) is 6.61 Å². The molecule has 0 unspecified atom stereocenters. The molecule has 0 aromatic carbocycles. The van der Waals surface area contributed by atoms with Crippen LogP contribution in [0.25, 0.3) is 6.08 Å². The molecular formula is C7H7ClN2O. The summed E-state index contributed by atoms with van der Waals surface area (Å²) in [5, 5.41) is 8.66. The summed E-state index contributed by atoms with van der Waals surface area (Å²) in [6.07, 6.45) is 6.49. The summed E-state index contributed by atoms with van der Waals surface area (Å²) in [7, 11) is 0. The van der Waals surface area contributed by atoms with Gasteiger partial charge in [0.2, 0.25) is 5.28 Å². The van der Waals surface area contributed by atoms with Gasteiger partial charge in [0.25, 0.3) is 0 Å². The van der Waals surface area contributed by atoms with E-state index in [1.54, 1.807) is 24.5 Å². The minimum absolute atomic E-state index is 0.0165. The maximum absolute atomic E-state index is 8.43. The Morgan fingerprint density at radius 2 is 2.09 bits per heavy atom. The summed E-state index contributed by atoms with van der Waals surface area (Å²) in [4.78, 5) is 7.51. The summed E-state index contributed by atoms with van der Waals surface area (Å²) in [6.45, 7) is 0.0165. The first-order valence-corrected chi connectivity index (χ1v) is 3.45. The van der Waals surface area contributed by atoms with Gasteiger partial charge in [-0.15, -0.1) is 0 Å². The smallest absolute Gasteiger partial charge is 0.222 e. The second-order valence-corrected chi connectivity index (χ2v) is 2.21. The van der Waals surface area contributed by atoms with Gasteiger partial charge in [-0.25, -0.2) is 9.97 Å². The highest BCUT2D eigenvalue weighted by atomic mass is 35.5. The van der Waals surface area contributed by atoms with Crippen molar-refractivity contribution in [2.24, 2.45) is 0 Å². The zero-order valence-electron chi connectivity index (χ0n) is 5.74. The standard InChI is InChI=1S/C7H7ClN2O/c8-7-9-4-6(5-10-7)2-1-3-11/h1-2,4-5,11H,3H2. The molecule has 4 heteroatoms. The summed E-state index contributed by atoms with van der Waals surface area (Å²) >= 11 is 5.45. The summed E-state index contributed by atoms with van der Waals surface area (Å²) < 4.78 is 0. The predicted molar refractivity (Wildman–Crippen MR) is 43.2 cm³/mol. The molecule has 0 spiro atoms. The first-order valence-electron chi connectivity index (χ1n) is 3.08. The van der Waals surface area contributed by atoms with E-state index in [0.717, 1.165) is 5.56 Å². The Labute approximate surface area is 69.4 Å². The SMILES string of the molecule is OCC=Cc1cnc(Cl)nc1. The predicted octanol–water partition coefficient (Wildman–Crippen LogP) is 1.14. The molecule has 0 saturated carbocycles. The molecule has 11 heavy (non-hydrogen) atoms. The Morgan fingerprint density at radius 1 is 1.45 bits per heavy atom. The number of hydrogen-bond acceptors (Lipinski definition) is 3. The van der Waals surface area contributed by atoms with Crippen LogP contribution in [0, 0.1) is 0 Å². The zero-order valence-corrected chi connectivity index (χ0v) is 6.49. The molecule has 1 heterocycles. The van der Waals surface area contributed by atoms with E-state index < -0.39 is 0 Å². The largest absolute Gasteiger partial charge is 0.392 e. The lowest BCUT2D eigenvalue weighted by atomic mass is 10.3. The first-order chi connectivity index (χ1) is 5.33. The molecule has 0 bridgehead atoms. The van der Waals surface area contributed by atoms with E-state index in [-0.39, 0.29) is 11.9 Å². The lowest BCUT2D eigenvalue weighted by Crippen LogP contribution is -1.82. The van der Waals surface area contributed by atoms with Gasteiger partial charge in [-0.1, -0.05) is 12.2 Å². The Hall–Kier alpha value is -0.930. The Morgan fingerprint density at radius 3 is 2.64 bits per heavy atom. The van der Waals surface area contributed by atoms with E-state index in [9.17, 15) is 0 Å². The van der Waals surface area contributed by atoms with Crippen molar-refractivity contribution in [3.63, 3.8) is 0 Å². The van der Waals surface area contributed by atoms with Crippen LogP contribution in [-0.4, -0.2) is 21.7 Å². The molecule has 0 aliphatic heterocycles. The lowest BCUT2D eigenvalue weighted by molar-refractivity contribution is 0.343. The quantitative estimate of drug-likeness (QED) is 0.677. The van der Waals surface area contributed by atoms with E-state index >= 15 is 0 Å². The molecule has 0 amide bonds. The van der Waals surface area contributed by atoms with E-state index in [1.807, 2.05) is 0 Å². The van der Waals surface area contributed by atoms with Crippen LogP contribution in [0.1, 0.15) is 5.56 Å². The highest BCUT2D eigenvalue weighted by Crippen LogP contribution is 2.01. The van der Waals surface area contributed by atoms with Gasteiger partial charge >= 0.3 is 0 Å². The molecule has 0 saturated heterocycles. The van der Waals surface area contributed by atoms with Crippen molar-refractivity contribution in [2.45, 2.75) is 0 Å². The normalized spacial score (nSPS) is 10.7. The van der Waals surface area contributed by atoms with Gasteiger partial charge in [0.15, 0.2) is 0 Å². The average molecular weight is 171 g/mol. The minimum atomic E-state index is 0.0165. The highest BCUT2D eigenvalue weighted by Gasteiger charge is 1.88. The Kier molecular flexibility index (Phi) is 3.01. The molecule has 0 fully saturated rings. The molecular weight excluding hydrogens is 164 g/mol. The Bertz CT molecular complexity index is 245. The molecule has 1 aromatic heterocycles. The maximum Gasteiger partial charge on any atom is 0.222 e. The molecule has 1 rings (SSSR count). The van der Waals surface area contributed by atoms with Crippen LogP contribution in [0.3, 0.4) is 0 Å². The van der Waals surface area contributed by atoms with Crippen molar-refractivity contribution in [3.8, 4) is 0 Å². The number of aliphatic hydroxyl groups excluding tert-OH is 1. The van der Waals surface area contributed by atoms with Crippen LogP contribution in [-0.2, 0) is 0 Å². The van der Waals surface area contributed by atoms with Gasteiger partial charge in [-0.3, -0.25) is 0 Å².